The number of Topliss-reactive ketones (excluding diaryl/α,β-unsaturated/α-hetero) is 1. The molecule has 0 saturated carbocycles. The van der Waals surface area contributed by atoms with Gasteiger partial charge in [-0.25, -0.2) is 0 Å². The molecule has 2 aliphatic carbocycles. The van der Waals surface area contributed by atoms with E-state index in [1.807, 2.05) is 0 Å². The third-order valence-corrected chi connectivity index (χ3v) is 9.43. The number of hydrogen-bond acceptors (Lipinski definition) is 14. The number of aliphatic hydroxyl groups is 3. The summed E-state index contributed by atoms with van der Waals surface area (Å²) in [5.41, 5.74) is 7.22. The lowest BCUT2D eigenvalue weighted by Crippen LogP contribution is -2.58. The van der Waals surface area contributed by atoms with E-state index in [4.69, 9.17) is 31.1 Å². The fourth-order valence-corrected chi connectivity index (χ4v) is 6.82. The second kappa shape index (κ2) is 14.3. The summed E-state index contributed by atoms with van der Waals surface area (Å²) >= 11 is 0. The summed E-state index contributed by atoms with van der Waals surface area (Å²) in [5.74, 6) is -4.90. The fraction of sp³-hybridized carbons (Fsp3) is 0.485. The normalized spacial score (nSPS) is 26.2. The molecule has 1 saturated heterocycles. The molecule has 12 N–H and O–H groups in total. The van der Waals surface area contributed by atoms with Crippen LogP contribution < -0.4 is 26.8 Å². The molecule has 17 nitrogen and oxygen atoms in total. The predicted molar refractivity (Wildman–Crippen MR) is 173 cm³/mol. The molecule has 1 amide bonds. The van der Waals surface area contributed by atoms with Gasteiger partial charge in [-0.05, 0) is 25.8 Å². The number of amides is 1. The summed E-state index contributed by atoms with van der Waals surface area (Å²) in [7, 11) is 1.30. The maximum absolute atomic E-state index is 13.9. The number of ketones is 3. The molecule has 7 atom stereocenters. The van der Waals surface area contributed by atoms with Crippen molar-refractivity contribution in [3.05, 3.63) is 51.6 Å². The monoisotopic (exact) mass is 699 g/mol. The van der Waals surface area contributed by atoms with Gasteiger partial charge in [-0.1, -0.05) is 12.1 Å². The van der Waals surface area contributed by atoms with Gasteiger partial charge in [-0.15, -0.1) is 0 Å². The van der Waals surface area contributed by atoms with E-state index in [1.165, 1.54) is 32.2 Å². The van der Waals surface area contributed by atoms with Crippen LogP contribution in [0.2, 0.25) is 0 Å². The third-order valence-electron chi connectivity index (χ3n) is 9.43. The third kappa shape index (κ3) is 6.62. The molecule has 0 aromatic heterocycles. The maximum Gasteiger partial charge on any atom is 0.237 e. The number of aromatic hydroxyl groups is 2. The lowest BCUT2D eigenvalue weighted by atomic mass is 9.72. The number of methoxy groups -OCH3 is 1. The topological polar surface area (TPSA) is 297 Å². The van der Waals surface area contributed by atoms with Crippen LogP contribution in [0.15, 0.2) is 18.2 Å². The standard InChI is InChI=1S/C33H41N5O12/c1-13-26(41)17(38-31(46)16(34)6-4-8-37-32(35)36)9-21(49-13)50-19-11-33(47,20(40)12-39)10-15-23(19)30(45)25-24(28(15)43)27(42)14-5-3-7-18(48-2)22(14)29(25)44/h3,5,7,13,16-17,19,21,26,39,41,43,45,47H,4,6,8-12,34H2,1-2H3,(H,38,46)(H4,35,36,37)/t13?,16-,17?,19-,21?,26?,33-/m0/s1. The Labute approximate surface area is 286 Å². The number of rotatable bonds is 11. The van der Waals surface area contributed by atoms with Crippen LogP contribution in [0.4, 0.5) is 0 Å². The first kappa shape index (κ1) is 36.6. The maximum atomic E-state index is 13.9. The van der Waals surface area contributed by atoms with Crippen molar-refractivity contribution in [2.75, 3.05) is 20.3 Å². The molecule has 17 heteroatoms. The van der Waals surface area contributed by atoms with Gasteiger partial charge in [-0.2, -0.15) is 0 Å². The van der Waals surface area contributed by atoms with E-state index in [0.29, 0.717) is 13.0 Å². The quantitative estimate of drug-likeness (QED) is 0.0484. The van der Waals surface area contributed by atoms with Gasteiger partial charge >= 0.3 is 0 Å². The molecular weight excluding hydrogens is 658 g/mol. The van der Waals surface area contributed by atoms with E-state index in [1.54, 1.807) is 0 Å². The predicted octanol–water partition coefficient (Wildman–Crippen LogP) is -1.25. The van der Waals surface area contributed by atoms with Crippen molar-refractivity contribution in [2.24, 2.45) is 11.5 Å². The van der Waals surface area contributed by atoms with Crippen molar-refractivity contribution in [3.63, 3.8) is 0 Å². The van der Waals surface area contributed by atoms with Crippen LogP contribution in [-0.2, 0) is 25.5 Å². The van der Waals surface area contributed by atoms with E-state index in [-0.39, 0.29) is 46.8 Å². The Hall–Kier alpha value is -4.65. The Bertz CT molecular complexity index is 1730. The first-order valence-electron chi connectivity index (χ1n) is 16.0. The number of ether oxygens (including phenoxy) is 3. The van der Waals surface area contributed by atoms with Crippen molar-refractivity contribution < 1.29 is 58.9 Å². The van der Waals surface area contributed by atoms with Gasteiger partial charge in [0.15, 0.2) is 23.8 Å². The molecule has 4 unspecified atom stereocenters. The molecule has 0 spiro atoms. The van der Waals surface area contributed by atoms with E-state index in [9.17, 15) is 44.7 Å². The molecule has 2 aromatic rings. The van der Waals surface area contributed by atoms with E-state index in [0.717, 1.165) is 0 Å². The summed E-state index contributed by atoms with van der Waals surface area (Å²) < 4.78 is 17.3. The first-order valence-corrected chi connectivity index (χ1v) is 16.0. The Morgan fingerprint density at radius 1 is 1.16 bits per heavy atom. The molecule has 1 heterocycles. The SMILES string of the molecule is COc1cccc2c1C(=O)c1c(O)c3c(c(O)c1C2=O)C[C@@](O)(C(=O)CO)C[C@@H]3OC1CC(NC(=O)[C@@H](N)CCCNC(=N)N)C(O)C(C)O1. The number of benzene rings is 2. The zero-order chi connectivity index (χ0) is 36.7. The molecule has 5 rings (SSSR count). The van der Waals surface area contributed by atoms with Gasteiger partial charge in [-0.3, -0.25) is 24.6 Å². The van der Waals surface area contributed by atoms with Crippen molar-refractivity contribution in [2.45, 2.75) is 81.3 Å². The van der Waals surface area contributed by atoms with Crippen LogP contribution in [0.1, 0.15) is 81.7 Å². The smallest absolute Gasteiger partial charge is 0.237 e. The van der Waals surface area contributed by atoms with Crippen LogP contribution in [0, 0.1) is 5.41 Å². The molecule has 2 aromatic carbocycles. The summed E-state index contributed by atoms with van der Waals surface area (Å²) in [6.45, 7) is 0.758. The number of nitrogens with one attached hydrogen (secondary N) is 3. The average Bonchev–Trinajstić information content (AvgIpc) is 3.07. The van der Waals surface area contributed by atoms with Crippen molar-refractivity contribution in [3.8, 4) is 17.2 Å². The highest BCUT2D eigenvalue weighted by atomic mass is 16.7. The molecule has 0 radical (unpaired) electrons. The van der Waals surface area contributed by atoms with Crippen LogP contribution in [0.3, 0.4) is 0 Å². The van der Waals surface area contributed by atoms with Crippen LogP contribution in [-0.4, -0.2) is 111 Å². The summed E-state index contributed by atoms with van der Waals surface area (Å²) in [6, 6.07) is 2.38. The average molecular weight is 700 g/mol. The van der Waals surface area contributed by atoms with E-state index in [2.05, 4.69) is 10.6 Å². The van der Waals surface area contributed by atoms with Crippen molar-refractivity contribution in [1.29, 1.82) is 5.41 Å². The van der Waals surface area contributed by atoms with Gasteiger partial charge in [0.1, 0.15) is 35.6 Å². The second-order valence-electron chi connectivity index (χ2n) is 12.7. The van der Waals surface area contributed by atoms with Crippen LogP contribution >= 0.6 is 0 Å². The molecular formula is C33H41N5O12. The Balaban J connectivity index is 1.48. The lowest BCUT2D eigenvalue weighted by molar-refractivity contribution is -0.249. The number of fused-ring (bicyclic) bond motifs is 3. The molecule has 3 aliphatic rings. The molecule has 270 valence electrons. The lowest BCUT2D eigenvalue weighted by Gasteiger charge is -2.43. The number of phenolic OH excluding ortho intramolecular Hbond substituents is 2. The number of carbonyl (C=O) groups is 4. The number of carbonyl (C=O) groups excluding carboxylic acids is 4. The highest BCUT2D eigenvalue weighted by molar-refractivity contribution is 6.31. The zero-order valence-electron chi connectivity index (χ0n) is 27.4. The first-order chi connectivity index (χ1) is 23.6. The Morgan fingerprint density at radius 3 is 2.52 bits per heavy atom. The molecule has 1 fully saturated rings. The summed E-state index contributed by atoms with van der Waals surface area (Å²) in [5, 5.41) is 67.7. The molecule has 0 bridgehead atoms. The minimum absolute atomic E-state index is 0.0579. The van der Waals surface area contributed by atoms with Gasteiger partial charge < -0.3 is 61.8 Å². The second-order valence-corrected chi connectivity index (χ2v) is 12.7. The summed E-state index contributed by atoms with van der Waals surface area (Å²) in [6.07, 6.45) is -5.58. The minimum atomic E-state index is -2.34. The summed E-state index contributed by atoms with van der Waals surface area (Å²) in [4.78, 5) is 53.3. The van der Waals surface area contributed by atoms with Gasteiger partial charge in [0, 0.05) is 42.5 Å². The van der Waals surface area contributed by atoms with Crippen LogP contribution in [0.5, 0.6) is 17.2 Å². The number of nitrogens with two attached hydrogens (primary N) is 2. The van der Waals surface area contributed by atoms with Crippen LogP contribution in [0.25, 0.3) is 0 Å². The van der Waals surface area contributed by atoms with E-state index < -0.39 is 108 Å². The van der Waals surface area contributed by atoms with Gasteiger partial charge in [0.05, 0.1) is 48.1 Å². The highest BCUT2D eigenvalue weighted by Gasteiger charge is 2.50. The Kier molecular flexibility index (Phi) is 10.5. The molecule has 1 aliphatic heterocycles. The van der Waals surface area contributed by atoms with Crippen molar-refractivity contribution in [1.82, 2.24) is 10.6 Å². The number of phenols is 2. The Morgan fingerprint density at radius 2 is 1.86 bits per heavy atom. The number of hydrogen-bond donors (Lipinski definition) is 10. The largest absolute Gasteiger partial charge is 0.507 e. The molecule has 50 heavy (non-hydrogen) atoms. The number of guanidine groups is 1. The zero-order valence-corrected chi connectivity index (χ0v) is 27.4. The highest BCUT2D eigenvalue weighted by Crippen LogP contribution is 2.52. The van der Waals surface area contributed by atoms with Gasteiger partial charge in [0.2, 0.25) is 11.7 Å². The van der Waals surface area contributed by atoms with Crippen molar-refractivity contribution >= 4 is 29.2 Å². The van der Waals surface area contributed by atoms with E-state index >= 15 is 0 Å². The minimum Gasteiger partial charge on any atom is -0.507 e. The fourth-order valence-electron chi connectivity index (χ4n) is 6.82. The van der Waals surface area contributed by atoms with Gasteiger partial charge in [0.25, 0.3) is 0 Å². The number of aliphatic hydroxyl groups excluding tert-OH is 2.